The maximum atomic E-state index is 13.8. The van der Waals surface area contributed by atoms with Gasteiger partial charge in [0.25, 0.3) is 5.91 Å². The molecule has 0 N–H and O–H groups in total. The number of nitrogens with zero attached hydrogens (tertiary/aromatic N) is 3. The van der Waals surface area contributed by atoms with Crippen molar-refractivity contribution in [3.05, 3.63) is 70.9 Å². The lowest BCUT2D eigenvalue weighted by molar-refractivity contribution is -0.114. The minimum atomic E-state index is -4.75. The number of carbonyl (C=O) groups excluding carboxylic acids is 1. The lowest BCUT2D eigenvalue weighted by Crippen LogP contribution is -2.25. The molecule has 0 aliphatic carbocycles. The molecule has 0 unspecified atom stereocenters. The molecule has 1 aromatic heterocycles. The Morgan fingerprint density at radius 3 is 2.40 bits per heavy atom. The number of hydrazone groups is 1. The van der Waals surface area contributed by atoms with Gasteiger partial charge >= 0.3 is 6.18 Å². The first-order valence-corrected chi connectivity index (χ1v) is 9.59. The fraction of sp³-hybridized carbons (Fsp3) is 0.217. The average Bonchev–Trinajstić information content (AvgIpc) is 3.17. The predicted molar refractivity (Wildman–Crippen MR) is 112 cm³/mol. The fourth-order valence-corrected chi connectivity index (χ4v) is 3.85. The Labute approximate surface area is 171 Å². The Hall–Kier alpha value is -3.35. The third-order valence-corrected chi connectivity index (χ3v) is 5.28. The van der Waals surface area contributed by atoms with Crippen LogP contribution in [0.15, 0.2) is 59.2 Å². The van der Waals surface area contributed by atoms with Gasteiger partial charge in [0.1, 0.15) is 0 Å². The van der Waals surface area contributed by atoms with E-state index in [0.717, 1.165) is 27.2 Å². The molecule has 0 fully saturated rings. The summed E-state index contributed by atoms with van der Waals surface area (Å²) in [5, 5.41) is 5.27. The van der Waals surface area contributed by atoms with Crippen LogP contribution in [0.5, 0.6) is 0 Å². The second-order valence-corrected chi connectivity index (χ2v) is 7.22. The number of hydrogen-bond acceptors (Lipinski definition) is 2. The van der Waals surface area contributed by atoms with Gasteiger partial charge in [0.2, 0.25) is 0 Å². The molecule has 2 heterocycles. The van der Waals surface area contributed by atoms with Crippen LogP contribution in [0, 0.1) is 13.8 Å². The predicted octanol–water partition coefficient (Wildman–Crippen LogP) is 5.63. The maximum Gasteiger partial charge on any atom is 0.435 e. The van der Waals surface area contributed by atoms with Crippen molar-refractivity contribution < 1.29 is 18.0 Å². The molecular formula is C23H20F3N3O. The summed E-state index contributed by atoms with van der Waals surface area (Å²) in [6.07, 6.45) is -3.42. The molecule has 0 spiro atoms. The first kappa shape index (κ1) is 19.9. The molecule has 0 saturated heterocycles. The van der Waals surface area contributed by atoms with E-state index in [4.69, 9.17) is 0 Å². The van der Waals surface area contributed by atoms with Gasteiger partial charge in [0, 0.05) is 28.7 Å². The van der Waals surface area contributed by atoms with Gasteiger partial charge in [-0.2, -0.15) is 23.3 Å². The Morgan fingerprint density at radius 2 is 1.77 bits per heavy atom. The van der Waals surface area contributed by atoms with E-state index in [-0.39, 0.29) is 5.69 Å². The van der Waals surface area contributed by atoms with E-state index in [9.17, 15) is 18.0 Å². The number of hydrogen-bond donors (Lipinski definition) is 0. The molecule has 2 aromatic carbocycles. The maximum absolute atomic E-state index is 13.8. The SMILES string of the molecule is CCn1c(C)c(/C=C2/C(=O)N(c3ccccc3)N=C2C(F)(F)F)c2cc(C)ccc21. The van der Waals surface area contributed by atoms with Gasteiger partial charge in [-0.15, -0.1) is 0 Å². The zero-order valence-electron chi connectivity index (χ0n) is 16.8. The first-order chi connectivity index (χ1) is 14.2. The third kappa shape index (κ3) is 3.20. The first-order valence-electron chi connectivity index (χ1n) is 9.59. The van der Waals surface area contributed by atoms with Crippen molar-refractivity contribution in [1.82, 2.24) is 4.57 Å². The van der Waals surface area contributed by atoms with Crippen LogP contribution < -0.4 is 5.01 Å². The van der Waals surface area contributed by atoms with Gasteiger partial charge in [0.15, 0.2) is 5.71 Å². The normalized spacial score (nSPS) is 16.1. The lowest BCUT2D eigenvalue weighted by Gasteiger charge is -2.10. The van der Waals surface area contributed by atoms with Gasteiger partial charge < -0.3 is 4.57 Å². The smallest absolute Gasteiger partial charge is 0.345 e. The second kappa shape index (κ2) is 7.16. The van der Waals surface area contributed by atoms with Crippen LogP contribution in [0.2, 0.25) is 0 Å². The van der Waals surface area contributed by atoms with Crippen molar-refractivity contribution in [1.29, 1.82) is 0 Å². The summed E-state index contributed by atoms with van der Waals surface area (Å²) in [6, 6.07) is 14.0. The monoisotopic (exact) mass is 411 g/mol. The molecule has 0 radical (unpaired) electrons. The van der Waals surface area contributed by atoms with Crippen molar-refractivity contribution in [2.24, 2.45) is 5.10 Å². The molecule has 0 atom stereocenters. The average molecular weight is 411 g/mol. The van der Waals surface area contributed by atoms with Gasteiger partial charge in [-0.25, -0.2) is 0 Å². The van der Waals surface area contributed by atoms with E-state index in [2.05, 4.69) is 5.10 Å². The Kier molecular flexibility index (Phi) is 4.76. The van der Waals surface area contributed by atoms with Crippen LogP contribution in [0.25, 0.3) is 17.0 Å². The third-order valence-electron chi connectivity index (χ3n) is 5.28. The van der Waals surface area contributed by atoms with E-state index in [1.54, 1.807) is 30.3 Å². The summed E-state index contributed by atoms with van der Waals surface area (Å²) >= 11 is 0. The molecule has 3 aromatic rings. The minimum absolute atomic E-state index is 0.288. The summed E-state index contributed by atoms with van der Waals surface area (Å²) in [5.41, 5.74) is 1.97. The van der Waals surface area contributed by atoms with E-state index in [0.29, 0.717) is 12.1 Å². The Bertz CT molecular complexity index is 1200. The highest BCUT2D eigenvalue weighted by molar-refractivity contribution is 6.34. The van der Waals surface area contributed by atoms with Crippen LogP contribution in [0.4, 0.5) is 18.9 Å². The number of amides is 1. The number of anilines is 1. The van der Waals surface area contributed by atoms with Crippen molar-refractivity contribution >= 4 is 34.3 Å². The molecule has 0 bridgehead atoms. The molecule has 4 rings (SSSR count). The summed E-state index contributed by atoms with van der Waals surface area (Å²) in [5.74, 6) is -0.794. The van der Waals surface area contributed by atoms with Crippen LogP contribution in [-0.4, -0.2) is 22.4 Å². The van der Waals surface area contributed by atoms with Gasteiger partial charge in [-0.1, -0.05) is 29.8 Å². The van der Waals surface area contributed by atoms with Crippen molar-refractivity contribution in [3.8, 4) is 0 Å². The van der Waals surface area contributed by atoms with Gasteiger partial charge in [0.05, 0.1) is 11.3 Å². The zero-order valence-corrected chi connectivity index (χ0v) is 16.8. The van der Waals surface area contributed by atoms with Crippen molar-refractivity contribution in [2.75, 3.05) is 5.01 Å². The minimum Gasteiger partial charge on any atom is -0.345 e. The second-order valence-electron chi connectivity index (χ2n) is 7.22. The summed E-state index contributed by atoms with van der Waals surface area (Å²) in [7, 11) is 0. The van der Waals surface area contributed by atoms with Crippen LogP contribution in [0.1, 0.15) is 23.7 Å². The molecule has 7 heteroatoms. The van der Waals surface area contributed by atoms with E-state index < -0.39 is 23.4 Å². The van der Waals surface area contributed by atoms with E-state index in [1.807, 2.05) is 43.5 Å². The molecule has 1 aliphatic rings. The number of aryl methyl sites for hydroxylation is 2. The molecule has 0 saturated carbocycles. The van der Waals surface area contributed by atoms with Gasteiger partial charge in [-0.3, -0.25) is 4.79 Å². The van der Waals surface area contributed by atoms with Gasteiger partial charge in [-0.05, 0) is 51.1 Å². The summed E-state index contributed by atoms with van der Waals surface area (Å²) < 4.78 is 43.3. The van der Waals surface area contributed by atoms with Crippen LogP contribution in [-0.2, 0) is 11.3 Å². The van der Waals surface area contributed by atoms with E-state index in [1.165, 1.54) is 6.08 Å². The fourth-order valence-electron chi connectivity index (χ4n) is 3.85. The van der Waals surface area contributed by atoms with Crippen LogP contribution >= 0.6 is 0 Å². The molecule has 1 amide bonds. The topological polar surface area (TPSA) is 37.6 Å². The van der Waals surface area contributed by atoms with E-state index >= 15 is 0 Å². The highest BCUT2D eigenvalue weighted by Crippen LogP contribution is 2.35. The summed E-state index contributed by atoms with van der Waals surface area (Å²) in [4.78, 5) is 13.0. The van der Waals surface area contributed by atoms with Crippen molar-refractivity contribution in [2.45, 2.75) is 33.5 Å². The van der Waals surface area contributed by atoms with Crippen molar-refractivity contribution in [3.63, 3.8) is 0 Å². The number of aromatic nitrogens is 1. The lowest BCUT2D eigenvalue weighted by atomic mass is 10.0. The molecule has 154 valence electrons. The molecule has 1 aliphatic heterocycles. The Morgan fingerprint density at radius 1 is 1.07 bits per heavy atom. The Balaban J connectivity index is 1.93. The molecular weight excluding hydrogens is 391 g/mol. The number of alkyl halides is 3. The number of fused-ring (bicyclic) bond motifs is 1. The number of benzene rings is 2. The molecule has 4 nitrogen and oxygen atoms in total. The highest BCUT2D eigenvalue weighted by atomic mass is 19.4. The highest BCUT2D eigenvalue weighted by Gasteiger charge is 2.47. The standard InChI is InChI=1S/C23H20F3N3O/c1-4-28-15(3)17(18-12-14(2)10-11-20(18)28)13-19-21(23(24,25)26)27-29(22(19)30)16-8-6-5-7-9-16/h5-13H,4H2,1-3H3/b19-13+. The number of para-hydroxylation sites is 1. The molecule has 30 heavy (non-hydrogen) atoms. The quantitative estimate of drug-likeness (QED) is 0.515. The number of halogens is 3. The zero-order chi connectivity index (χ0) is 21.6. The summed E-state index contributed by atoms with van der Waals surface area (Å²) in [6.45, 7) is 6.42. The largest absolute Gasteiger partial charge is 0.435 e. The van der Waals surface area contributed by atoms with Crippen LogP contribution in [0.3, 0.4) is 0 Å². The number of rotatable bonds is 3. The number of carbonyl (C=O) groups is 1.